The van der Waals surface area contributed by atoms with Crippen LogP contribution in [0.2, 0.25) is 0 Å². The number of ether oxygens (including phenoxy) is 2. The summed E-state index contributed by atoms with van der Waals surface area (Å²) >= 11 is 0. The molecule has 2 rings (SSSR count). The van der Waals surface area contributed by atoms with Gasteiger partial charge in [-0.05, 0) is 45.1 Å². The highest BCUT2D eigenvalue weighted by Gasteiger charge is 2.17. The molecule has 0 radical (unpaired) electrons. The number of benzene rings is 1. The number of nitrogens with zero attached hydrogens (tertiary/aromatic N) is 3. The predicted octanol–water partition coefficient (Wildman–Crippen LogP) is 2.26. The van der Waals surface area contributed by atoms with E-state index in [0.29, 0.717) is 37.4 Å². The zero-order valence-electron chi connectivity index (χ0n) is 16.9. The zero-order valence-corrected chi connectivity index (χ0v) is 16.9. The van der Waals surface area contributed by atoms with Gasteiger partial charge in [-0.1, -0.05) is 6.07 Å². The highest BCUT2D eigenvalue weighted by Crippen LogP contribution is 2.28. The van der Waals surface area contributed by atoms with Crippen LogP contribution in [0.1, 0.15) is 23.4 Å². The Morgan fingerprint density at radius 2 is 1.89 bits per heavy atom. The second kappa shape index (κ2) is 9.97. The molecule has 1 aromatic heterocycles. The van der Waals surface area contributed by atoms with E-state index < -0.39 is 0 Å². The summed E-state index contributed by atoms with van der Waals surface area (Å²) in [6, 6.07) is 5.76. The maximum absolute atomic E-state index is 12.9. The molecule has 27 heavy (non-hydrogen) atoms. The average Bonchev–Trinajstić information content (AvgIpc) is 3.07. The third-order valence-electron chi connectivity index (χ3n) is 4.52. The van der Waals surface area contributed by atoms with Crippen LogP contribution >= 0.6 is 0 Å². The van der Waals surface area contributed by atoms with Gasteiger partial charge in [0.2, 0.25) is 5.91 Å². The predicted molar refractivity (Wildman–Crippen MR) is 105 cm³/mol. The van der Waals surface area contributed by atoms with Gasteiger partial charge in [0.1, 0.15) is 0 Å². The first-order chi connectivity index (χ1) is 12.9. The van der Waals surface area contributed by atoms with Crippen molar-refractivity contribution in [1.82, 2.24) is 19.8 Å². The molecule has 7 nitrogen and oxygen atoms in total. The van der Waals surface area contributed by atoms with Gasteiger partial charge < -0.3 is 24.3 Å². The summed E-state index contributed by atoms with van der Waals surface area (Å²) in [6.07, 6.45) is 2.76. The minimum absolute atomic E-state index is 0.119. The Balaban J connectivity index is 2.03. The second-order valence-corrected chi connectivity index (χ2v) is 6.78. The van der Waals surface area contributed by atoms with Crippen molar-refractivity contribution >= 4 is 5.91 Å². The Morgan fingerprint density at radius 3 is 2.48 bits per heavy atom. The van der Waals surface area contributed by atoms with Gasteiger partial charge in [-0.3, -0.25) is 4.79 Å². The van der Waals surface area contributed by atoms with Crippen molar-refractivity contribution in [2.75, 3.05) is 41.4 Å². The maximum atomic E-state index is 12.9. The topological polar surface area (TPSA) is 70.7 Å². The van der Waals surface area contributed by atoms with Crippen LogP contribution in [0.3, 0.4) is 0 Å². The number of aryl methyl sites for hydroxylation is 2. The van der Waals surface area contributed by atoms with Gasteiger partial charge in [-0.15, -0.1) is 0 Å². The number of likely N-dealkylation sites (N-methyl/N-ethyl adjacent to an activating group) is 1. The van der Waals surface area contributed by atoms with Gasteiger partial charge in [0.15, 0.2) is 11.5 Å². The number of aromatic nitrogens is 2. The fourth-order valence-corrected chi connectivity index (χ4v) is 2.79. The number of aromatic amines is 1. The fraction of sp³-hybridized carbons (Fsp3) is 0.500. The Hall–Kier alpha value is -2.54. The van der Waals surface area contributed by atoms with Crippen molar-refractivity contribution in [3.05, 3.63) is 41.5 Å². The van der Waals surface area contributed by atoms with E-state index in [4.69, 9.17) is 9.47 Å². The van der Waals surface area contributed by atoms with Crippen molar-refractivity contribution in [3.63, 3.8) is 0 Å². The molecule has 0 fully saturated rings. The molecule has 0 bridgehead atoms. The molecule has 7 heteroatoms. The lowest BCUT2D eigenvalue weighted by Gasteiger charge is -2.24. The molecule has 0 aliphatic carbocycles. The number of imidazole rings is 1. The quantitative estimate of drug-likeness (QED) is 0.691. The number of carbonyl (C=O) groups excluding carboxylic acids is 1. The number of rotatable bonds is 10. The number of hydrogen-bond acceptors (Lipinski definition) is 5. The molecule has 0 atom stereocenters. The van der Waals surface area contributed by atoms with Gasteiger partial charge >= 0.3 is 0 Å². The monoisotopic (exact) mass is 374 g/mol. The molecule has 0 saturated heterocycles. The minimum atomic E-state index is 0.119. The van der Waals surface area contributed by atoms with Crippen LogP contribution in [0.25, 0.3) is 0 Å². The first-order valence-corrected chi connectivity index (χ1v) is 9.06. The van der Waals surface area contributed by atoms with E-state index >= 15 is 0 Å². The van der Waals surface area contributed by atoms with Crippen molar-refractivity contribution in [1.29, 1.82) is 0 Å². The molecule has 148 valence electrons. The summed E-state index contributed by atoms with van der Waals surface area (Å²) in [4.78, 5) is 24.2. The summed E-state index contributed by atoms with van der Waals surface area (Å²) in [6.45, 7) is 3.98. The maximum Gasteiger partial charge on any atom is 0.223 e. The van der Waals surface area contributed by atoms with Gasteiger partial charge in [-0.25, -0.2) is 4.98 Å². The van der Waals surface area contributed by atoms with Crippen molar-refractivity contribution < 1.29 is 14.3 Å². The van der Waals surface area contributed by atoms with Crippen molar-refractivity contribution in [3.8, 4) is 11.5 Å². The van der Waals surface area contributed by atoms with E-state index in [1.165, 1.54) is 0 Å². The molecule has 1 amide bonds. The van der Waals surface area contributed by atoms with Gasteiger partial charge in [0.25, 0.3) is 0 Å². The lowest BCUT2D eigenvalue weighted by Crippen LogP contribution is -2.36. The number of amides is 1. The first-order valence-electron chi connectivity index (χ1n) is 9.06. The smallest absolute Gasteiger partial charge is 0.223 e. The summed E-state index contributed by atoms with van der Waals surface area (Å²) in [5.41, 5.74) is 2.95. The lowest BCUT2D eigenvalue weighted by atomic mass is 10.1. The van der Waals surface area contributed by atoms with Crippen LogP contribution in [-0.2, 0) is 17.8 Å². The van der Waals surface area contributed by atoms with Crippen LogP contribution in [-0.4, -0.2) is 67.1 Å². The number of H-pyrrole nitrogens is 1. The van der Waals surface area contributed by atoms with E-state index in [0.717, 1.165) is 23.5 Å². The van der Waals surface area contributed by atoms with Crippen LogP contribution < -0.4 is 9.47 Å². The third-order valence-corrected chi connectivity index (χ3v) is 4.52. The third kappa shape index (κ3) is 5.99. The molecular formula is C20H30N4O3. The number of methoxy groups -OCH3 is 2. The van der Waals surface area contributed by atoms with E-state index in [-0.39, 0.29) is 5.91 Å². The van der Waals surface area contributed by atoms with Crippen LogP contribution in [0.15, 0.2) is 24.5 Å². The number of nitrogens with one attached hydrogen (secondary N) is 1. The van der Waals surface area contributed by atoms with E-state index in [1.54, 1.807) is 20.5 Å². The van der Waals surface area contributed by atoms with E-state index in [9.17, 15) is 4.79 Å². The average molecular weight is 374 g/mol. The molecule has 0 saturated carbocycles. The van der Waals surface area contributed by atoms with Crippen molar-refractivity contribution in [2.24, 2.45) is 0 Å². The highest BCUT2D eigenvalue weighted by molar-refractivity contribution is 5.76. The summed E-state index contributed by atoms with van der Waals surface area (Å²) in [5, 5.41) is 0. The summed E-state index contributed by atoms with van der Waals surface area (Å²) in [7, 11) is 7.24. The molecule has 1 aromatic carbocycles. The Kier molecular flexibility index (Phi) is 7.67. The van der Waals surface area contributed by atoms with Crippen LogP contribution in [0.5, 0.6) is 11.5 Å². The minimum Gasteiger partial charge on any atom is -0.493 e. The molecule has 0 aliphatic heterocycles. The van der Waals surface area contributed by atoms with Crippen molar-refractivity contribution in [2.45, 2.75) is 26.3 Å². The van der Waals surface area contributed by atoms with Crippen LogP contribution in [0, 0.1) is 6.92 Å². The molecule has 1 heterocycles. The number of carbonyl (C=O) groups is 1. The molecular weight excluding hydrogens is 344 g/mol. The molecule has 0 unspecified atom stereocenters. The number of hydrogen-bond donors (Lipinski definition) is 1. The molecule has 0 aliphatic rings. The fourth-order valence-electron chi connectivity index (χ4n) is 2.79. The molecule has 2 aromatic rings. The Labute approximate surface area is 161 Å². The SMILES string of the molecule is COc1ccc(CCC(=O)N(CCN(C)C)Cc2nc[nH]c2C)cc1OC. The van der Waals surface area contributed by atoms with Gasteiger partial charge in [0, 0.05) is 25.2 Å². The lowest BCUT2D eigenvalue weighted by molar-refractivity contribution is -0.132. The largest absolute Gasteiger partial charge is 0.493 e. The highest BCUT2D eigenvalue weighted by atomic mass is 16.5. The molecule has 0 spiro atoms. The van der Waals surface area contributed by atoms with Gasteiger partial charge in [0.05, 0.1) is 32.8 Å². The van der Waals surface area contributed by atoms with E-state index in [2.05, 4.69) is 14.9 Å². The molecule has 1 N–H and O–H groups in total. The summed E-state index contributed by atoms with van der Waals surface area (Å²) in [5.74, 6) is 1.49. The van der Waals surface area contributed by atoms with Gasteiger partial charge in [-0.2, -0.15) is 0 Å². The Morgan fingerprint density at radius 1 is 1.15 bits per heavy atom. The Bertz CT molecular complexity index is 743. The van der Waals surface area contributed by atoms with Crippen LogP contribution in [0.4, 0.5) is 0 Å². The van der Waals surface area contributed by atoms with E-state index in [1.807, 2.05) is 44.1 Å². The second-order valence-electron chi connectivity index (χ2n) is 6.78. The summed E-state index contributed by atoms with van der Waals surface area (Å²) < 4.78 is 10.6. The standard InChI is InChI=1S/C20H30N4O3/c1-15-17(22-14-21-15)13-24(11-10-23(2)3)20(25)9-7-16-6-8-18(26-4)19(12-16)27-5/h6,8,12,14H,7,9-11,13H2,1-5H3,(H,21,22). The normalized spacial score (nSPS) is 10.9. The zero-order chi connectivity index (χ0) is 19.8. The first kappa shape index (κ1) is 20.8.